The predicted molar refractivity (Wildman–Crippen MR) is 135 cm³/mol. The molecule has 2 aromatic heterocycles. The van der Waals surface area contributed by atoms with Crippen LogP contribution in [0.2, 0.25) is 0 Å². The molecule has 1 aliphatic rings. The van der Waals surface area contributed by atoms with Crippen LogP contribution in [-0.4, -0.2) is 57.7 Å². The maximum absolute atomic E-state index is 14.9. The number of hydrogen-bond donors (Lipinski definition) is 2. The van der Waals surface area contributed by atoms with Crippen LogP contribution in [0.15, 0.2) is 30.7 Å². The second-order valence-corrected chi connectivity index (χ2v) is 9.97. The van der Waals surface area contributed by atoms with Gasteiger partial charge in [-0.05, 0) is 68.0 Å². The number of benzene rings is 1. The summed E-state index contributed by atoms with van der Waals surface area (Å²) in [5, 5.41) is 5.73. The Morgan fingerprint density at radius 1 is 1.16 bits per heavy atom. The van der Waals surface area contributed by atoms with E-state index in [4.69, 9.17) is 0 Å². The highest BCUT2D eigenvalue weighted by atomic mass is 19.4. The fourth-order valence-electron chi connectivity index (χ4n) is 4.71. The van der Waals surface area contributed by atoms with Gasteiger partial charge in [-0.15, -0.1) is 0 Å². The summed E-state index contributed by atoms with van der Waals surface area (Å²) in [4.78, 5) is 34.6. The van der Waals surface area contributed by atoms with Crippen LogP contribution in [0.1, 0.15) is 44.2 Å². The van der Waals surface area contributed by atoms with Gasteiger partial charge in [-0.25, -0.2) is 19.2 Å². The number of urea groups is 1. The van der Waals surface area contributed by atoms with Gasteiger partial charge >= 0.3 is 12.2 Å². The summed E-state index contributed by atoms with van der Waals surface area (Å²) in [6.07, 6.45) is 0.704. The van der Waals surface area contributed by atoms with E-state index in [0.29, 0.717) is 29.5 Å². The van der Waals surface area contributed by atoms with E-state index < -0.39 is 18.0 Å². The van der Waals surface area contributed by atoms with Crippen LogP contribution in [0.25, 0.3) is 22.2 Å². The monoisotopic (exact) mass is 534 g/mol. The predicted octanol–water partition coefficient (Wildman–Crippen LogP) is 5.44. The molecule has 0 spiro atoms. The van der Waals surface area contributed by atoms with E-state index in [1.54, 1.807) is 27.1 Å². The number of aromatic nitrogens is 3. The van der Waals surface area contributed by atoms with Crippen molar-refractivity contribution < 1.29 is 27.2 Å². The van der Waals surface area contributed by atoms with Crippen LogP contribution >= 0.6 is 0 Å². The second kappa shape index (κ2) is 10.6. The van der Waals surface area contributed by atoms with Gasteiger partial charge in [0.25, 0.3) is 0 Å². The second-order valence-electron chi connectivity index (χ2n) is 9.97. The van der Waals surface area contributed by atoms with Crippen molar-refractivity contribution in [2.75, 3.05) is 19.4 Å². The van der Waals surface area contributed by atoms with E-state index in [-0.39, 0.29) is 40.7 Å². The molecule has 3 aromatic rings. The van der Waals surface area contributed by atoms with Crippen molar-refractivity contribution in [3.8, 4) is 11.1 Å². The number of aryl methyl sites for hydroxylation is 1. The number of hydrogen-bond acceptors (Lipinski definition) is 4. The Hall–Kier alpha value is -3.70. The molecule has 2 N–H and O–H groups in total. The Kier molecular flexibility index (Phi) is 7.61. The van der Waals surface area contributed by atoms with E-state index in [1.165, 1.54) is 23.2 Å². The van der Waals surface area contributed by atoms with Gasteiger partial charge in [-0.3, -0.25) is 4.79 Å². The molecule has 1 aromatic carbocycles. The zero-order valence-electron chi connectivity index (χ0n) is 21.6. The summed E-state index contributed by atoms with van der Waals surface area (Å²) < 4.78 is 55.9. The lowest BCUT2D eigenvalue weighted by atomic mass is 9.85. The third kappa shape index (κ3) is 5.73. The summed E-state index contributed by atoms with van der Waals surface area (Å²) in [5.41, 5.74) is 1.37. The van der Waals surface area contributed by atoms with Gasteiger partial charge in [-0.2, -0.15) is 13.2 Å². The number of rotatable bonds is 5. The summed E-state index contributed by atoms with van der Waals surface area (Å²) in [6, 6.07) is 2.03. The van der Waals surface area contributed by atoms with E-state index >= 15 is 0 Å². The molecule has 12 heteroatoms. The van der Waals surface area contributed by atoms with E-state index in [2.05, 4.69) is 20.6 Å². The minimum absolute atomic E-state index is 0.0136. The molecule has 1 aliphatic carbocycles. The highest BCUT2D eigenvalue weighted by Gasteiger charge is 2.38. The minimum Gasteiger partial charge on any atom is -0.335 e. The number of halogens is 4. The number of alkyl halides is 3. The Bertz CT molecular complexity index is 1350. The van der Waals surface area contributed by atoms with Gasteiger partial charge in [-0.1, -0.05) is 6.42 Å². The Labute approximate surface area is 217 Å². The summed E-state index contributed by atoms with van der Waals surface area (Å²) in [6.45, 7) is 2.73. The topological polar surface area (TPSA) is 92.2 Å². The Balaban J connectivity index is 1.58. The first-order valence-corrected chi connectivity index (χ1v) is 12.3. The molecule has 3 atom stereocenters. The standard InChI is InChI=1S/C26H30F4N6O2/c1-14-12-31-22(34-24(37)16-6-5-7-18(8-16)33-25(38)35(3)4)11-19(14)17-9-20(27)23-21(10-17)36(13-32-23)15(2)26(28,29)30/h9-13,15-16,18H,5-8H2,1-4H3,(H,33,38)(H,31,34,37)/t15?,16?,18-/m1/s1. The first kappa shape index (κ1) is 27.3. The first-order valence-electron chi connectivity index (χ1n) is 12.3. The van der Waals surface area contributed by atoms with Gasteiger partial charge in [0, 0.05) is 32.3 Å². The molecule has 1 fully saturated rings. The Morgan fingerprint density at radius 3 is 2.58 bits per heavy atom. The van der Waals surface area contributed by atoms with Crippen molar-refractivity contribution >= 4 is 28.8 Å². The largest absolute Gasteiger partial charge is 0.408 e. The quantitative estimate of drug-likeness (QED) is 0.427. The lowest BCUT2D eigenvalue weighted by molar-refractivity contribution is -0.162. The summed E-state index contributed by atoms with van der Waals surface area (Å²) >= 11 is 0. The zero-order chi connectivity index (χ0) is 27.8. The van der Waals surface area contributed by atoms with Gasteiger partial charge < -0.3 is 20.1 Å². The molecular weight excluding hydrogens is 504 g/mol. The van der Waals surface area contributed by atoms with Crippen LogP contribution < -0.4 is 10.6 Å². The molecule has 204 valence electrons. The summed E-state index contributed by atoms with van der Waals surface area (Å²) in [5.74, 6) is -1.07. The van der Waals surface area contributed by atoms with Crippen molar-refractivity contribution in [2.24, 2.45) is 5.92 Å². The smallest absolute Gasteiger partial charge is 0.335 e. The molecule has 2 heterocycles. The fraction of sp³-hybridized carbons (Fsp3) is 0.462. The van der Waals surface area contributed by atoms with Gasteiger partial charge in [0.1, 0.15) is 17.4 Å². The number of nitrogens with one attached hydrogen (secondary N) is 2. The van der Waals surface area contributed by atoms with E-state index in [9.17, 15) is 27.2 Å². The van der Waals surface area contributed by atoms with Crippen molar-refractivity contribution in [1.29, 1.82) is 0 Å². The molecule has 0 aliphatic heterocycles. The number of imidazole rings is 1. The van der Waals surface area contributed by atoms with Crippen molar-refractivity contribution in [3.63, 3.8) is 0 Å². The highest BCUT2D eigenvalue weighted by molar-refractivity contribution is 5.93. The maximum Gasteiger partial charge on any atom is 0.408 e. The van der Waals surface area contributed by atoms with Gasteiger partial charge in [0.2, 0.25) is 5.91 Å². The number of carbonyl (C=O) groups excluding carboxylic acids is 2. The minimum atomic E-state index is -4.53. The van der Waals surface area contributed by atoms with Gasteiger partial charge in [0.15, 0.2) is 5.82 Å². The van der Waals surface area contributed by atoms with Crippen LogP contribution in [0.4, 0.5) is 28.2 Å². The molecule has 38 heavy (non-hydrogen) atoms. The third-order valence-corrected chi connectivity index (χ3v) is 6.97. The molecule has 2 unspecified atom stereocenters. The number of carbonyl (C=O) groups is 2. The zero-order valence-corrected chi connectivity index (χ0v) is 21.6. The molecule has 0 saturated heterocycles. The average molecular weight is 535 g/mol. The molecule has 0 radical (unpaired) electrons. The molecule has 8 nitrogen and oxygen atoms in total. The Morgan fingerprint density at radius 2 is 1.89 bits per heavy atom. The third-order valence-electron chi connectivity index (χ3n) is 6.97. The van der Waals surface area contributed by atoms with E-state index in [1.807, 2.05) is 0 Å². The normalized spacial score (nSPS) is 18.7. The lowest BCUT2D eigenvalue weighted by Crippen LogP contribution is -2.45. The average Bonchev–Trinajstić information content (AvgIpc) is 3.28. The number of nitrogens with zero attached hydrogens (tertiary/aromatic N) is 4. The molecule has 3 amide bonds. The van der Waals surface area contributed by atoms with E-state index in [0.717, 1.165) is 30.7 Å². The first-order chi connectivity index (χ1) is 17.8. The van der Waals surface area contributed by atoms with Crippen molar-refractivity contribution in [3.05, 3.63) is 42.1 Å². The van der Waals surface area contributed by atoms with Crippen molar-refractivity contribution in [1.82, 2.24) is 24.8 Å². The number of pyridine rings is 1. The number of anilines is 1. The maximum atomic E-state index is 14.9. The number of amides is 3. The molecule has 1 saturated carbocycles. The molecular formula is C26H30F4N6O2. The van der Waals surface area contributed by atoms with Crippen LogP contribution in [0.5, 0.6) is 0 Å². The van der Waals surface area contributed by atoms with Gasteiger partial charge in [0.05, 0.1) is 11.8 Å². The fourth-order valence-corrected chi connectivity index (χ4v) is 4.71. The van der Waals surface area contributed by atoms with Crippen LogP contribution in [0.3, 0.4) is 0 Å². The highest BCUT2D eigenvalue weighted by Crippen LogP contribution is 2.35. The number of fused-ring (bicyclic) bond motifs is 1. The van der Waals surface area contributed by atoms with Crippen LogP contribution in [0, 0.1) is 18.7 Å². The van der Waals surface area contributed by atoms with Crippen LogP contribution in [-0.2, 0) is 4.79 Å². The van der Waals surface area contributed by atoms with Crippen molar-refractivity contribution in [2.45, 2.75) is 57.8 Å². The molecule has 4 rings (SSSR count). The molecule has 0 bridgehead atoms. The summed E-state index contributed by atoms with van der Waals surface area (Å²) in [7, 11) is 3.30. The SMILES string of the molecule is Cc1cnc(NC(=O)C2CCC[C@@H](NC(=O)N(C)C)C2)cc1-c1cc(F)c2ncn(C(C)C(F)(F)F)c2c1. The lowest BCUT2D eigenvalue weighted by Gasteiger charge is -2.29.